The van der Waals surface area contributed by atoms with E-state index in [1.54, 1.807) is 6.20 Å². The number of nitrogen functional groups attached to an aromatic ring is 1. The summed E-state index contributed by atoms with van der Waals surface area (Å²) in [4.78, 5) is 21.0. The average molecular weight is 457 g/mol. The van der Waals surface area contributed by atoms with Gasteiger partial charge in [0.2, 0.25) is 5.95 Å². The van der Waals surface area contributed by atoms with Gasteiger partial charge in [0, 0.05) is 49.5 Å². The highest BCUT2D eigenvalue weighted by molar-refractivity contribution is 5.69. The molecule has 8 rings (SSSR count). The van der Waals surface area contributed by atoms with Crippen LogP contribution in [0.4, 0.5) is 26.4 Å². The number of halogens is 2. The Hall–Kier alpha value is -2.79. The van der Waals surface area contributed by atoms with Gasteiger partial charge < -0.3 is 25.0 Å². The topological polar surface area (TPSA) is 92.9 Å². The summed E-state index contributed by atoms with van der Waals surface area (Å²) in [6.45, 7) is 1.58. The summed E-state index contributed by atoms with van der Waals surface area (Å²) in [6.07, 6.45) is 3.92. The van der Waals surface area contributed by atoms with Gasteiger partial charge in [0.1, 0.15) is 5.82 Å². The van der Waals surface area contributed by atoms with Gasteiger partial charge in [0.15, 0.2) is 11.6 Å². The summed E-state index contributed by atoms with van der Waals surface area (Å²) in [5.41, 5.74) is 6.96. The quantitative estimate of drug-likeness (QED) is 0.694. The number of piperazine rings is 1. The van der Waals surface area contributed by atoms with Crippen LogP contribution in [0.2, 0.25) is 0 Å². The van der Waals surface area contributed by atoms with Crippen molar-refractivity contribution in [2.75, 3.05) is 48.4 Å². The fraction of sp³-hybridized carbons (Fsp3) is 0.591. The summed E-state index contributed by atoms with van der Waals surface area (Å²) < 4.78 is 35.6. The molecule has 2 aromatic heterocycles. The lowest BCUT2D eigenvalue weighted by molar-refractivity contribution is -0.132. The molecule has 0 spiro atoms. The van der Waals surface area contributed by atoms with Gasteiger partial charge in [-0.3, -0.25) is 4.90 Å². The number of nitrogens with zero attached hydrogens (tertiary/aromatic N) is 6. The molecule has 0 radical (unpaired) electrons. The van der Waals surface area contributed by atoms with E-state index in [1.807, 2.05) is 6.07 Å². The molecule has 9 nitrogen and oxygen atoms in total. The fourth-order valence-corrected chi connectivity index (χ4v) is 5.79. The van der Waals surface area contributed by atoms with Crippen LogP contribution in [-0.4, -0.2) is 83.5 Å². The van der Waals surface area contributed by atoms with Crippen molar-refractivity contribution in [2.24, 2.45) is 5.92 Å². The minimum atomic E-state index is -2.97. The van der Waals surface area contributed by atoms with E-state index in [2.05, 4.69) is 24.4 Å². The molecule has 1 saturated carbocycles. The smallest absolute Gasteiger partial charge is 0.387 e. The molecule has 6 fully saturated rings. The van der Waals surface area contributed by atoms with E-state index < -0.39 is 6.61 Å². The van der Waals surface area contributed by atoms with E-state index in [0.29, 0.717) is 47.3 Å². The van der Waals surface area contributed by atoms with Crippen molar-refractivity contribution in [3.05, 3.63) is 18.3 Å². The number of rotatable bonds is 6. The van der Waals surface area contributed by atoms with Crippen molar-refractivity contribution in [1.82, 2.24) is 19.9 Å². The molecule has 2 N–H and O–H groups in total. The van der Waals surface area contributed by atoms with Crippen LogP contribution in [0.25, 0.3) is 11.3 Å². The maximum Gasteiger partial charge on any atom is 0.387 e. The van der Waals surface area contributed by atoms with Gasteiger partial charge in [-0.05, 0) is 24.8 Å². The van der Waals surface area contributed by atoms with Crippen molar-refractivity contribution in [3.8, 4) is 17.0 Å². The molecule has 2 atom stereocenters. The molecule has 5 saturated heterocycles. The molecule has 2 aromatic rings. The summed E-state index contributed by atoms with van der Waals surface area (Å²) in [6, 6.07) is 5.43. The number of nitrogens with two attached hydrogens (primary N) is 1. The molecular weight excluding hydrogens is 432 g/mol. The molecule has 174 valence electrons. The SMILES string of the molecule is Nc1ncc(-c2cc(N3CC4[C@H]3CN4C3COC3)nc(N3CC4CC3C4)n2)cc1OC(F)F. The monoisotopic (exact) mass is 457 g/mol. The maximum atomic E-state index is 12.8. The van der Waals surface area contributed by atoms with Crippen molar-refractivity contribution >= 4 is 17.6 Å². The summed E-state index contributed by atoms with van der Waals surface area (Å²) in [7, 11) is 0. The molecule has 0 amide bonds. The second-order valence-electron chi connectivity index (χ2n) is 9.72. The third-order valence-corrected chi connectivity index (χ3v) is 7.89. The lowest BCUT2D eigenvalue weighted by Gasteiger charge is -2.65. The lowest BCUT2D eigenvalue weighted by atomic mass is 9.83. The zero-order valence-corrected chi connectivity index (χ0v) is 18.0. The van der Waals surface area contributed by atoms with E-state index in [-0.39, 0.29) is 11.6 Å². The van der Waals surface area contributed by atoms with E-state index in [4.69, 9.17) is 20.4 Å². The van der Waals surface area contributed by atoms with Crippen molar-refractivity contribution in [2.45, 2.75) is 43.6 Å². The molecule has 1 aliphatic carbocycles. The van der Waals surface area contributed by atoms with Crippen LogP contribution in [0.3, 0.4) is 0 Å². The highest BCUT2D eigenvalue weighted by Gasteiger charge is 2.55. The normalized spacial score (nSPS) is 30.4. The molecule has 6 aliphatic rings. The van der Waals surface area contributed by atoms with Crippen LogP contribution in [0.5, 0.6) is 5.75 Å². The minimum Gasteiger partial charge on any atom is -0.431 e. The predicted octanol–water partition coefficient (Wildman–Crippen LogP) is 1.59. The van der Waals surface area contributed by atoms with Gasteiger partial charge in [-0.25, -0.2) is 9.97 Å². The second kappa shape index (κ2) is 7.10. The van der Waals surface area contributed by atoms with Gasteiger partial charge >= 0.3 is 6.61 Å². The summed E-state index contributed by atoms with van der Waals surface area (Å²) >= 11 is 0. The van der Waals surface area contributed by atoms with Gasteiger partial charge in [0.25, 0.3) is 0 Å². The van der Waals surface area contributed by atoms with Crippen molar-refractivity contribution in [1.29, 1.82) is 0 Å². The van der Waals surface area contributed by atoms with Crippen LogP contribution >= 0.6 is 0 Å². The number of aromatic nitrogens is 3. The average Bonchev–Trinajstić information content (AvgIpc) is 3.32. The molecule has 7 heterocycles. The molecule has 5 aliphatic heterocycles. The molecule has 2 bridgehead atoms. The third-order valence-electron chi connectivity index (χ3n) is 7.89. The molecule has 0 aromatic carbocycles. The Bertz CT molecular complexity index is 1090. The van der Waals surface area contributed by atoms with E-state index >= 15 is 0 Å². The fourth-order valence-electron chi connectivity index (χ4n) is 5.79. The highest BCUT2D eigenvalue weighted by atomic mass is 19.3. The number of likely N-dealkylation sites (tertiary alicyclic amines) is 1. The first-order valence-electron chi connectivity index (χ1n) is 11.5. The maximum absolute atomic E-state index is 12.8. The van der Waals surface area contributed by atoms with Gasteiger partial charge in [-0.1, -0.05) is 0 Å². The van der Waals surface area contributed by atoms with Crippen molar-refractivity contribution in [3.63, 3.8) is 0 Å². The zero-order valence-electron chi connectivity index (χ0n) is 18.0. The molecule has 33 heavy (non-hydrogen) atoms. The number of alkyl halides is 2. The first-order valence-corrected chi connectivity index (χ1v) is 11.5. The zero-order chi connectivity index (χ0) is 22.3. The van der Waals surface area contributed by atoms with E-state index in [1.165, 1.54) is 18.9 Å². The Morgan fingerprint density at radius 3 is 2.52 bits per heavy atom. The van der Waals surface area contributed by atoms with Crippen LogP contribution in [0, 0.1) is 5.92 Å². The highest BCUT2D eigenvalue weighted by Crippen LogP contribution is 2.44. The van der Waals surface area contributed by atoms with Crippen LogP contribution in [0.15, 0.2) is 18.3 Å². The first-order chi connectivity index (χ1) is 16.0. The number of pyridine rings is 1. The van der Waals surface area contributed by atoms with Crippen LogP contribution < -0.4 is 20.3 Å². The Morgan fingerprint density at radius 1 is 1.03 bits per heavy atom. The number of hydrogen-bond donors (Lipinski definition) is 1. The first kappa shape index (κ1) is 19.7. The van der Waals surface area contributed by atoms with Gasteiger partial charge in [-0.2, -0.15) is 13.8 Å². The van der Waals surface area contributed by atoms with E-state index in [0.717, 1.165) is 38.7 Å². The van der Waals surface area contributed by atoms with Crippen LogP contribution in [-0.2, 0) is 4.74 Å². The summed E-state index contributed by atoms with van der Waals surface area (Å²) in [5.74, 6) is 2.07. The van der Waals surface area contributed by atoms with Crippen LogP contribution in [0.1, 0.15) is 12.8 Å². The molecular formula is C22H25F2N7O2. The van der Waals surface area contributed by atoms with Gasteiger partial charge in [-0.15, -0.1) is 0 Å². The summed E-state index contributed by atoms with van der Waals surface area (Å²) in [5, 5.41) is 0. The number of hydrogen-bond acceptors (Lipinski definition) is 9. The Kier molecular flexibility index (Phi) is 4.23. The largest absolute Gasteiger partial charge is 0.431 e. The predicted molar refractivity (Wildman–Crippen MR) is 116 cm³/mol. The Balaban J connectivity index is 1.21. The Morgan fingerprint density at radius 2 is 1.88 bits per heavy atom. The second-order valence-corrected chi connectivity index (χ2v) is 9.72. The minimum absolute atomic E-state index is 0.0750. The van der Waals surface area contributed by atoms with Crippen molar-refractivity contribution < 1.29 is 18.3 Å². The third kappa shape index (κ3) is 3.05. The number of anilines is 3. The Labute approximate surface area is 189 Å². The molecule has 1 unspecified atom stereocenters. The molecule has 11 heteroatoms. The number of ether oxygens (including phenoxy) is 2. The number of fused-ring (bicyclic) bond motifs is 2. The van der Waals surface area contributed by atoms with Gasteiger partial charge in [0.05, 0.1) is 31.0 Å². The lowest BCUT2D eigenvalue weighted by Crippen LogP contribution is -2.82. The van der Waals surface area contributed by atoms with E-state index in [9.17, 15) is 8.78 Å². The standard InChI is InChI=1S/C22H25F2N7O2/c23-21(24)33-18-3-12(5-26-20(18)25)15-4-19(28-22(27-15)30-6-11-1-13(30)2-11)31-8-16-17(31)7-29(16)14-9-32-10-14/h3-5,11,13-14,16-17,21H,1-2,6-10H2,(H2,25,26)/t11?,13?,16?,17-/m1/s1.